The van der Waals surface area contributed by atoms with Crippen LogP contribution >= 0.6 is 0 Å². The normalized spacial score (nSPS) is 26.0. The van der Waals surface area contributed by atoms with Crippen molar-refractivity contribution in [3.63, 3.8) is 0 Å². The van der Waals surface area contributed by atoms with Crippen LogP contribution in [0, 0.1) is 23.1 Å². The van der Waals surface area contributed by atoms with E-state index in [1.54, 1.807) is 12.1 Å². The van der Waals surface area contributed by atoms with E-state index in [9.17, 15) is 4.39 Å². The lowest BCUT2D eigenvalue weighted by Gasteiger charge is -2.12. The summed E-state index contributed by atoms with van der Waals surface area (Å²) < 4.78 is 18.3. The number of hydrogen-bond donors (Lipinski definition) is 0. The molecule has 0 amide bonds. The Bertz CT molecular complexity index is 372. The van der Waals surface area contributed by atoms with E-state index in [0.717, 1.165) is 12.0 Å². The molecule has 1 saturated heterocycles. The molecule has 0 saturated carbocycles. The Balaban J connectivity index is 2.27. The first-order chi connectivity index (χ1) is 6.81. The third-order valence-electron chi connectivity index (χ3n) is 2.43. The van der Waals surface area contributed by atoms with Crippen molar-refractivity contribution < 1.29 is 9.13 Å². The maximum atomic E-state index is 12.9. The van der Waals surface area contributed by atoms with Gasteiger partial charge < -0.3 is 4.74 Å². The van der Waals surface area contributed by atoms with Crippen LogP contribution in [0.5, 0.6) is 0 Å². The summed E-state index contributed by atoms with van der Waals surface area (Å²) in [5.74, 6) is -0.425. The molecule has 0 radical (unpaired) electrons. The average Bonchev–Trinajstić information content (AvgIpc) is 2.65. The molecule has 1 aliphatic heterocycles. The van der Waals surface area contributed by atoms with Crippen molar-refractivity contribution >= 4 is 0 Å². The van der Waals surface area contributed by atoms with Gasteiger partial charge in [-0.05, 0) is 24.1 Å². The molecule has 0 N–H and O–H groups in total. The molecule has 1 aliphatic rings. The van der Waals surface area contributed by atoms with Gasteiger partial charge in [-0.25, -0.2) is 4.39 Å². The molecule has 14 heavy (non-hydrogen) atoms. The zero-order valence-corrected chi connectivity index (χ0v) is 7.61. The minimum Gasteiger partial charge on any atom is -0.372 e. The Kier molecular flexibility index (Phi) is 2.47. The van der Waals surface area contributed by atoms with E-state index in [4.69, 9.17) is 10.00 Å². The highest BCUT2D eigenvalue weighted by atomic mass is 19.1. The molecule has 2 atom stereocenters. The van der Waals surface area contributed by atoms with Gasteiger partial charge in [0.15, 0.2) is 0 Å². The van der Waals surface area contributed by atoms with Crippen molar-refractivity contribution in [1.29, 1.82) is 5.26 Å². The zero-order valence-electron chi connectivity index (χ0n) is 7.61. The highest BCUT2D eigenvalue weighted by Gasteiger charge is 2.29. The molecule has 1 fully saturated rings. The highest BCUT2D eigenvalue weighted by molar-refractivity contribution is 5.22. The quantitative estimate of drug-likeness (QED) is 0.683. The molecule has 0 aliphatic carbocycles. The van der Waals surface area contributed by atoms with Gasteiger partial charge in [0.1, 0.15) is 5.82 Å². The van der Waals surface area contributed by atoms with Crippen molar-refractivity contribution in [1.82, 2.24) is 0 Å². The van der Waals surface area contributed by atoms with E-state index in [0.29, 0.717) is 6.61 Å². The predicted octanol–water partition coefficient (Wildman–Crippen LogP) is 2.43. The summed E-state index contributed by atoms with van der Waals surface area (Å²) in [7, 11) is 0. The fourth-order valence-corrected chi connectivity index (χ4v) is 1.73. The number of halogens is 1. The van der Waals surface area contributed by atoms with Crippen molar-refractivity contribution in [3.8, 4) is 6.07 Å². The van der Waals surface area contributed by atoms with Crippen LogP contribution in [0.2, 0.25) is 0 Å². The van der Waals surface area contributed by atoms with Gasteiger partial charge in [0.05, 0.1) is 18.1 Å². The molecular weight excluding hydrogens is 181 g/mol. The summed E-state index contributed by atoms with van der Waals surface area (Å²) in [5.41, 5.74) is 0.758. The maximum absolute atomic E-state index is 12.9. The van der Waals surface area contributed by atoms with Crippen LogP contribution < -0.4 is 0 Å². The maximum Gasteiger partial charge on any atom is 0.123 e. The summed E-state index contributed by atoms with van der Waals surface area (Å²) >= 11 is 0. The summed E-state index contributed by atoms with van der Waals surface area (Å²) in [6.07, 6.45) is 0.480. The minimum atomic E-state index is -0.283. The van der Waals surface area contributed by atoms with E-state index >= 15 is 0 Å². The molecule has 2 rings (SSSR count). The van der Waals surface area contributed by atoms with Crippen molar-refractivity contribution in [3.05, 3.63) is 35.6 Å². The van der Waals surface area contributed by atoms with Gasteiger partial charge in [0.25, 0.3) is 0 Å². The van der Waals surface area contributed by atoms with E-state index in [1.807, 2.05) is 0 Å². The number of rotatable bonds is 1. The van der Waals surface area contributed by atoms with Gasteiger partial charge in [0, 0.05) is 6.61 Å². The van der Waals surface area contributed by atoms with Crippen LogP contribution in [0.15, 0.2) is 24.3 Å². The van der Waals surface area contributed by atoms with Crippen LogP contribution in [0.3, 0.4) is 0 Å². The molecule has 1 aromatic carbocycles. The number of ether oxygens (including phenoxy) is 1. The molecule has 0 spiro atoms. The van der Waals surface area contributed by atoms with Crippen LogP contribution in [-0.4, -0.2) is 6.61 Å². The van der Waals surface area contributed by atoms with E-state index in [1.165, 1.54) is 12.1 Å². The SMILES string of the molecule is N#CC1CCOC1c1cccc(F)c1. The van der Waals surface area contributed by atoms with E-state index < -0.39 is 0 Å². The van der Waals surface area contributed by atoms with E-state index in [2.05, 4.69) is 6.07 Å². The zero-order chi connectivity index (χ0) is 9.97. The first-order valence-electron chi connectivity index (χ1n) is 4.58. The second-order valence-electron chi connectivity index (χ2n) is 3.37. The van der Waals surface area contributed by atoms with Gasteiger partial charge in [-0.15, -0.1) is 0 Å². The van der Waals surface area contributed by atoms with Crippen LogP contribution in [0.1, 0.15) is 18.1 Å². The molecule has 72 valence electrons. The van der Waals surface area contributed by atoms with Gasteiger partial charge in [-0.3, -0.25) is 0 Å². The Hall–Kier alpha value is -1.40. The van der Waals surface area contributed by atoms with Gasteiger partial charge in [-0.2, -0.15) is 5.26 Å². The summed E-state index contributed by atoms with van der Waals surface area (Å²) in [4.78, 5) is 0. The molecular formula is C11H10FNO. The number of nitrogens with zero attached hydrogens (tertiary/aromatic N) is 1. The summed E-state index contributed by atoms with van der Waals surface area (Å²) in [6.45, 7) is 0.583. The lowest BCUT2D eigenvalue weighted by atomic mass is 9.97. The summed E-state index contributed by atoms with van der Waals surface area (Å²) in [5, 5.41) is 8.84. The molecule has 0 aromatic heterocycles. The Morgan fingerprint density at radius 3 is 3.07 bits per heavy atom. The second-order valence-corrected chi connectivity index (χ2v) is 3.37. The molecule has 0 bridgehead atoms. The average molecular weight is 191 g/mol. The smallest absolute Gasteiger partial charge is 0.123 e. The Morgan fingerprint density at radius 1 is 1.50 bits per heavy atom. The van der Waals surface area contributed by atoms with Gasteiger partial charge >= 0.3 is 0 Å². The Labute approximate surface area is 81.9 Å². The Morgan fingerprint density at radius 2 is 2.36 bits per heavy atom. The monoisotopic (exact) mass is 191 g/mol. The third-order valence-corrected chi connectivity index (χ3v) is 2.43. The lowest BCUT2D eigenvalue weighted by Crippen LogP contribution is -2.05. The molecule has 2 unspecified atom stereocenters. The largest absolute Gasteiger partial charge is 0.372 e. The predicted molar refractivity (Wildman–Crippen MR) is 48.8 cm³/mol. The van der Waals surface area contributed by atoms with Crippen molar-refractivity contribution in [2.75, 3.05) is 6.61 Å². The fourth-order valence-electron chi connectivity index (χ4n) is 1.73. The first-order valence-corrected chi connectivity index (χ1v) is 4.58. The van der Waals surface area contributed by atoms with Gasteiger partial charge in [-0.1, -0.05) is 12.1 Å². The van der Waals surface area contributed by atoms with Crippen LogP contribution in [0.4, 0.5) is 4.39 Å². The highest BCUT2D eigenvalue weighted by Crippen LogP contribution is 2.33. The lowest BCUT2D eigenvalue weighted by molar-refractivity contribution is 0.100. The summed E-state index contributed by atoms with van der Waals surface area (Å²) in [6, 6.07) is 8.44. The second kappa shape index (κ2) is 3.77. The number of hydrogen-bond acceptors (Lipinski definition) is 2. The fraction of sp³-hybridized carbons (Fsp3) is 0.364. The van der Waals surface area contributed by atoms with Crippen molar-refractivity contribution in [2.24, 2.45) is 5.92 Å². The molecule has 2 nitrogen and oxygen atoms in total. The molecule has 3 heteroatoms. The number of benzene rings is 1. The molecule has 1 aromatic rings. The number of nitriles is 1. The topological polar surface area (TPSA) is 33.0 Å². The van der Waals surface area contributed by atoms with Crippen molar-refractivity contribution in [2.45, 2.75) is 12.5 Å². The first kappa shape index (κ1) is 9.17. The third kappa shape index (κ3) is 1.61. The molecule has 1 heterocycles. The van der Waals surface area contributed by atoms with Crippen LogP contribution in [-0.2, 0) is 4.74 Å². The van der Waals surface area contributed by atoms with Gasteiger partial charge in [0.2, 0.25) is 0 Å². The standard InChI is InChI=1S/C11H10FNO/c12-10-3-1-2-8(6-10)11-9(7-13)4-5-14-11/h1-3,6,9,11H,4-5H2. The van der Waals surface area contributed by atoms with E-state index in [-0.39, 0.29) is 17.8 Å². The van der Waals surface area contributed by atoms with Crippen LogP contribution in [0.25, 0.3) is 0 Å². The minimum absolute atomic E-state index is 0.142.